The summed E-state index contributed by atoms with van der Waals surface area (Å²) in [6, 6.07) is 15.4. The molecule has 0 radical (unpaired) electrons. The smallest absolute Gasteiger partial charge is 0.271 e. The van der Waals surface area contributed by atoms with E-state index < -0.39 is 10.0 Å². The standard InChI is InChI=1S/C21H22N2O4S2/c1-15-5-10-19(14-16(15)2)27-12-11-22-21(24)17-6-8-18(9-7-17)23-29(25,26)20-4-3-13-28-20/h3-10,13-14,23H,11-12H2,1-2H3,(H,22,24). The number of carbonyl (C=O) groups excluding carboxylic acids is 1. The Balaban J connectivity index is 1.49. The highest BCUT2D eigenvalue weighted by Gasteiger charge is 2.15. The molecule has 0 aliphatic rings. The Morgan fingerprint density at radius 3 is 2.45 bits per heavy atom. The van der Waals surface area contributed by atoms with Crippen molar-refractivity contribution in [1.82, 2.24) is 5.32 Å². The van der Waals surface area contributed by atoms with Crippen LogP contribution in [0.2, 0.25) is 0 Å². The second-order valence-electron chi connectivity index (χ2n) is 6.47. The first-order chi connectivity index (χ1) is 13.8. The van der Waals surface area contributed by atoms with Crippen LogP contribution in [-0.2, 0) is 10.0 Å². The monoisotopic (exact) mass is 430 g/mol. The Hall–Kier alpha value is -2.84. The fourth-order valence-electron chi connectivity index (χ4n) is 2.55. The number of aryl methyl sites for hydroxylation is 2. The third-order valence-corrected chi connectivity index (χ3v) is 7.07. The maximum absolute atomic E-state index is 12.2. The number of amides is 1. The van der Waals surface area contributed by atoms with Crippen LogP contribution in [0.3, 0.4) is 0 Å². The molecule has 8 heteroatoms. The van der Waals surface area contributed by atoms with E-state index in [1.165, 1.54) is 11.6 Å². The van der Waals surface area contributed by atoms with Crippen LogP contribution < -0.4 is 14.8 Å². The second-order valence-corrected chi connectivity index (χ2v) is 9.32. The number of nitrogens with one attached hydrogen (secondary N) is 2. The van der Waals surface area contributed by atoms with Gasteiger partial charge in [0.1, 0.15) is 16.6 Å². The number of hydrogen-bond acceptors (Lipinski definition) is 5. The van der Waals surface area contributed by atoms with Crippen LogP contribution in [0, 0.1) is 13.8 Å². The van der Waals surface area contributed by atoms with Gasteiger partial charge in [0.15, 0.2) is 0 Å². The summed E-state index contributed by atoms with van der Waals surface area (Å²) in [5.74, 6) is 0.520. The van der Waals surface area contributed by atoms with E-state index in [1.54, 1.807) is 35.7 Å². The van der Waals surface area contributed by atoms with Gasteiger partial charge in [-0.15, -0.1) is 11.3 Å². The van der Waals surface area contributed by atoms with E-state index in [1.807, 2.05) is 32.0 Å². The molecule has 0 fully saturated rings. The van der Waals surface area contributed by atoms with Crippen molar-refractivity contribution in [1.29, 1.82) is 0 Å². The minimum Gasteiger partial charge on any atom is -0.492 e. The number of carbonyl (C=O) groups is 1. The van der Waals surface area contributed by atoms with Crippen molar-refractivity contribution in [3.8, 4) is 5.75 Å². The number of benzene rings is 2. The quantitative estimate of drug-likeness (QED) is 0.530. The zero-order valence-electron chi connectivity index (χ0n) is 16.1. The molecule has 0 aliphatic heterocycles. The van der Waals surface area contributed by atoms with Gasteiger partial charge in [-0.25, -0.2) is 8.42 Å². The van der Waals surface area contributed by atoms with Gasteiger partial charge in [-0.05, 0) is 72.8 Å². The highest BCUT2D eigenvalue weighted by Crippen LogP contribution is 2.20. The van der Waals surface area contributed by atoms with Crippen LogP contribution in [0.25, 0.3) is 0 Å². The SMILES string of the molecule is Cc1ccc(OCCNC(=O)c2ccc(NS(=O)(=O)c3cccs3)cc2)cc1C. The van der Waals surface area contributed by atoms with Gasteiger partial charge in [0.25, 0.3) is 15.9 Å². The average Bonchev–Trinajstić information content (AvgIpc) is 3.24. The van der Waals surface area contributed by atoms with Gasteiger partial charge in [-0.1, -0.05) is 12.1 Å². The zero-order valence-corrected chi connectivity index (χ0v) is 17.8. The minimum absolute atomic E-state index is 0.239. The first-order valence-corrected chi connectivity index (χ1v) is 11.4. The predicted molar refractivity (Wildman–Crippen MR) is 115 cm³/mol. The summed E-state index contributed by atoms with van der Waals surface area (Å²) in [5.41, 5.74) is 3.19. The predicted octanol–water partition coefficient (Wildman–Crippen LogP) is 3.97. The van der Waals surface area contributed by atoms with Gasteiger partial charge < -0.3 is 10.1 Å². The minimum atomic E-state index is -3.60. The summed E-state index contributed by atoms with van der Waals surface area (Å²) in [6.45, 7) is 4.78. The summed E-state index contributed by atoms with van der Waals surface area (Å²) < 4.78 is 32.8. The van der Waals surface area contributed by atoms with Gasteiger partial charge in [0.05, 0.1) is 6.54 Å². The summed E-state index contributed by atoms with van der Waals surface area (Å²) in [5, 5.41) is 4.48. The zero-order chi connectivity index (χ0) is 20.9. The van der Waals surface area contributed by atoms with Crippen LogP contribution in [0.15, 0.2) is 64.2 Å². The highest BCUT2D eigenvalue weighted by atomic mass is 32.2. The van der Waals surface area contributed by atoms with Crippen molar-refractivity contribution < 1.29 is 17.9 Å². The van der Waals surface area contributed by atoms with Gasteiger partial charge in [0.2, 0.25) is 0 Å². The number of rotatable bonds is 8. The number of hydrogen-bond donors (Lipinski definition) is 2. The molecule has 0 aliphatic carbocycles. The molecule has 0 saturated carbocycles. The molecule has 3 rings (SSSR count). The van der Waals surface area contributed by atoms with E-state index >= 15 is 0 Å². The lowest BCUT2D eigenvalue weighted by Crippen LogP contribution is -2.28. The van der Waals surface area contributed by atoms with Crippen LogP contribution >= 0.6 is 11.3 Å². The molecule has 3 aromatic rings. The summed E-state index contributed by atoms with van der Waals surface area (Å²) in [7, 11) is -3.60. The molecule has 0 bridgehead atoms. The number of anilines is 1. The molecular weight excluding hydrogens is 408 g/mol. The van der Waals surface area contributed by atoms with Gasteiger partial charge >= 0.3 is 0 Å². The van der Waals surface area contributed by atoms with Crippen molar-refractivity contribution in [2.75, 3.05) is 17.9 Å². The van der Waals surface area contributed by atoms with Crippen LogP contribution in [0.5, 0.6) is 5.75 Å². The van der Waals surface area contributed by atoms with Gasteiger partial charge in [-0.3, -0.25) is 9.52 Å². The second kappa shape index (κ2) is 9.11. The summed E-state index contributed by atoms with van der Waals surface area (Å²) >= 11 is 1.14. The van der Waals surface area contributed by atoms with Crippen LogP contribution in [-0.4, -0.2) is 27.5 Å². The molecule has 2 aromatic carbocycles. The Bertz CT molecular complexity index is 1080. The normalized spacial score (nSPS) is 11.1. The first-order valence-electron chi connectivity index (χ1n) is 9.00. The molecule has 0 spiro atoms. The average molecular weight is 431 g/mol. The molecule has 1 amide bonds. The molecule has 2 N–H and O–H groups in total. The van der Waals surface area contributed by atoms with Crippen molar-refractivity contribution in [2.24, 2.45) is 0 Å². The molecule has 29 heavy (non-hydrogen) atoms. The molecule has 1 heterocycles. The molecule has 0 saturated heterocycles. The van der Waals surface area contributed by atoms with Crippen molar-refractivity contribution in [3.05, 3.63) is 76.7 Å². The molecule has 0 unspecified atom stereocenters. The van der Waals surface area contributed by atoms with E-state index in [-0.39, 0.29) is 10.1 Å². The fraction of sp³-hybridized carbons (Fsp3) is 0.190. The van der Waals surface area contributed by atoms with Crippen molar-refractivity contribution >= 4 is 33.0 Å². The Labute approximate surface area is 174 Å². The number of sulfonamides is 1. The molecule has 1 aromatic heterocycles. The highest BCUT2D eigenvalue weighted by molar-refractivity contribution is 7.94. The molecule has 152 valence electrons. The third kappa shape index (κ3) is 5.58. The van der Waals surface area contributed by atoms with E-state index in [4.69, 9.17) is 4.74 Å². The fourth-order valence-corrected chi connectivity index (χ4v) is 4.60. The van der Waals surface area contributed by atoms with Crippen molar-refractivity contribution in [3.63, 3.8) is 0 Å². The van der Waals surface area contributed by atoms with E-state index in [0.717, 1.165) is 22.6 Å². The topological polar surface area (TPSA) is 84.5 Å². The lowest BCUT2D eigenvalue weighted by Gasteiger charge is -2.10. The van der Waals surface area contributed by atoms with E-state index in [2.05, 4.69) is 10.0 Å². The largest absolute Gasteiger partial charge is 0.492 e. The third-order valence-electron chi connectivity index (χ3n) is 4.29. The Morgan fingerprint density at radius 2 is 1.79 bits per heavy atom. The maximum Gasteiger partial charge on any atom is 0.271 e. The Kier molecular flexibility index (Phi) is 6.56. The van der Waals surface area contributed by atoms with Gasteiger partial charge in [-0.2, -0.15) is 0 Å². The molecule has 6 nitrogen and oxygen atoms in total. The number of thiophene rings is 1. The van der Waals surface area contributed by atoms with Gasteiger partial charge in [0, 0.05) is 11.3 Å². The van der Waals surface area contributed by atoms with Crippen LogP contribution in [0.1, 0.15) is 21.5 Å². The summed E-state index contributed by atoms with van der Waals surface area (Å²) in [6.07, 6.45) is 0. The van der Waals surface area contributed by atoms with E-state index in [0.29, 0.717) is 24.4 Å². The van der Waals surface area contributed by atoms with E-state index in [9.17, 15) is 13.2 Å². The first kappa shape index (κ1) is 20.9. The molecule has 0 atom stereocenters. The number of ether oxygens (including phenoxy) is 1. The Morgan fingerprint density at radius 1 is 1.03 bits per heavy atom. The summed E-state index contributed by atoms with van der Waals surface area (Å²) in [4.78, 5) is 12.2. The van der Waals surface area contributed by atoms with Crippen molar-refractivity contribution in [2.45, 2.75) is 18.1 Å². The maximum atomic E-state index is 12.2. The van der Waals surface area contributed by atoms with Crippen LogP contribution in [0.4, 0.5) is 5.69 Å². The lowest BCUT2D eigenvalue weighted by molar-refractivity contribution is 0.0947. The lowest BCUT2D eigenvalue weighted by atomic mass is 10.1. The molecular formula is C21H22N2O4S2.